The van der Waals surface area contributed by atoms with Gasteiger partial charge in [0.05, 0.1) is 18.8 Å². The Hall–Kier alpha value is -1.39. The summed E-state index contributed by atoms with van der Waals surface area (Å²) in [4.78, 5) is 12.5. The van der Waals surface area contributed by atoms with Crippen molar-refractivity contribution in [2.75, 3.05) is 6.61 Å². The summed E-state index contributed by atoms with van der Waals surface area (Å²) < 4.78 is 0. The van der Waals surface area contributed by atoms with Crippen LogP contribution in [-0.4, -0.2) is 34.9 Å². The summed E-state index contributed by atoms with van der Waals surface area (Å²) in [6.45, 7) is 4.34. The summed E-state index contributed by atoms with van der Waals surface area (Å²) >= 11 is 0. The van der Waals surface area contributed by atoms with E-state index in [1.807, 2.05) is 6.08 Å². The second-order valence-corrected chi connectivity index (χ2v) is 22.5. The lowest BCUT2D eigenvalue weighted by molar-refractivity contribution is -0.123. The third kappa shape index (κ3) is 59.4. The number of carbonyl (C=O) groups is 1. The van der Waals surface area contributed by atoms with E-state index in [2.05, 4.69) is 43.5 Å². The van der Waals surface area contributed by atoms with Crippen LogP contribution in [-0.2, 0) is 4.79 Å². The van der Waals surface area contributed by atoms with Crippen LogP contribution >= 0.6 is 0 Å². The number of nitrogens with one attached hydrogen (secondary N) is 1. The molecule has 4 nitrogen and oxygen atoms in total. The van der Waals surface area contributed by atoms with Crippen molar-refractivity contribution in [3.63, 3.8) is 0 Å². The van der Waals surface area contributed by atoms with Gasteiger partial charge in [-0.3, -0.25) is 4.79 Å². The molecule has 0 fully saturated rings. The average Bonchev–Trinajstić information content (AvgIpc) is 3.37. The van der Waals surface area contributed by atoms with Crippen LogP contribution in [0.3, 0.4) is 0 Å². The van der Waals surface area contributed by atoms with Crippen LogP contribution in [0.1, 0.15) is 367 Å². The van der Waals surface area contributed by atoms with E-state index in [9.17, 15) is 15.0 Å². The minimum absolute atomic E-state index is 0.0674. The molecule has 0 aliphatic carbocycles. The molecule has 71 heavy (non-hydrogen) atoms. The summed E-state index contributed by atoms with van der Waals surface area (Å²) in [5.41, 5.74) is 0. The zero-order valence-corrected chi connectivity index (χ0v) is 48.5. The van der Waals surface area contributed by atoms with E-state index < -0.39 is 12.1 Å². The Bertz CT molecular complexity index is 1080. The molecule has 0 aromatic rings. The number of hydrogen-bond donors (Lipinski definition) is 3. The Balaban J connectivity index is 3.46. The van der Waals surface area contributed by atoms with Gasteiger partial charge in [0.25, 0.3) is 0 Å². The molecule has 0 aromatic heterocycles. The minimum atomic E-state index is -0.863. The van der Waals surface area contributed by atoms with Gasteiger partial charge in [-0.15, -0.1) is 0 Å². The van der Waals surface area contributed by atoms with E-state index >= 15 is 0 Å². The van der Waals surface area contributed by atoms with Crippen molar-refractivity contribution in [2.45, 2.75) is 379 Å². The lowest BCUT2D eigenvalue weighted by Gasteiger charge is -2.19. The van der Waals surface area contributed by atoms with Gasteiger partial charge in [0.15, 0.2) is 0 Å². The van der Waals surface area contributed by atoms with Crippen LogP contribution in [0.15, 0.2) is 36.5 Å². The predicted molar refractivity (Wildman–Crippen MR) is 318 cm³/mol. The summed E-state index contributed by atoms with van der Waals surface area (Å²) in [5.74, 6) is -0.0674. The topological polar surface area (TPSA) is 69.6 Å². The molecule has 0 aliphatic rings. The molecular weight excluding hydrogens is 867 g/mol. The normalized spacial score (nSPS) is 12.9. The van der Waals surface area contributed by atoms with E-state index in [4.69, 9.17) is 0 Å². The highest BCUT2D eigenvalue weighted by atomic mass is 16.3. The molecule has 0 spiro atoms. The van der Waals surface area contributed by atoms with Crippen molar-refractivity contribution in [1.29, 1.82) is 0 Å². The molecule has 420 valence electrons. The molecule has 0 saturated carbocycles. The third-order valence-electron chi connectivity index (χ3n) is 15.3. The number of carbonyl (C=O) groups excluding carboxylic acids is 1. The van der Waals surface area contributed by atoms with Crippen LogP contribution in [0.2, 0.25) is 0 Å². The van der Waals surface area contributed by atoms with Gasteiger partial charge in [-0.1, -0.05) is 339 Å². The predicted octanol–water partition coefficient (Wildman–Crippen LogP) is 22.0. The summed E-state index contributed by atoms with van der Waals surface area (Å²) in [7, 11) is 0. The first-order valence-corrected chi connectivity index (χ1v) is 32.7. The average molecular weight is 997 g/mol. The Labute approximate surface area is 446 Å². The smallest absolute Gasteiger partial charge is 0.220 e. The molecule has 3 N–H and O–H groups in total. The van der Waals surface area contributed by atoms with E-state index in [1.54, 1.807) is 6.08 Å². The van der Waals surface area contributed by atoms with Crippen LogP contribution in [0, 0.1) is 0 Å². The minimum Gasteiger partial charge on any atom is -0.394 e. The van der Waals surface area contributed by atoms with Gasteiger partial charge in [-0.05, 0) is 57.8 Å². The molecule has 0 aliphatic heterocycles. The van der Waals surface area contributed by atoms with Gasteiger partial charge in [0.1, 0.15) is 0 Å². The maximum atomic E-state index is 12.5. The Kier molecular flexibility index (Phi) is 61.7. The first kappa shape index (κ1) is 69.6. The SMILES string of the molecule is CCCCCCCCCC/C=C\CCCCCCCCCCCCCCCCCC(=O)NC(CO)C(O)/C=C/CC/C=C/CCCCCCCCCCCCCCCCCCCCCCCCCCCC. The molecule has 0 heterocycles. The molecule has 1 amide bonds. The standard InChI is InChI=1S/C67H129NO3/c1-3-5-7-9-11-13-15-17-19-21-23-25-27-29-31-32-33-34-35-37-38-40-42-44-46-48-50-52-54-56-58-60-62-66(70)65(64-69)68-67(71)63-61-59-57-55-53-51-49-47-45-43-41-39-36-30-28-26-24-22-20-18-16-14-12-10-8-6-4-2/h22,24,52,54,60,62,65-66,69-70H,3-21,23,25-51,53,55-59,61,63-64H2,1-2H3,(H,68,71)/b24-22-,54-52+,62-60+. The van der Waals surface area contributed by atoms with Gasteiger partial charge < -0.3 is 15.5 Å². The molecule has 0 bridgehead atoms. The number of aliphatic hydroxyl groups excluding tert-OH is 2. The van der Waals surface area contributed by atoms with Crippen molar-refractivity contribution in [1.82, 2.24) is 5.32 Å². The summed E-state index contributed by atoms with van der Waals surface area (Å²) in [6.07, 6.45) is 86.5. The van der Waals surface area contributed by atoms with Crippen molar-refractivity contribution < 1.29 is 15.0 Å². The number of hydrogen-bond acceptors (Lipinski definition) is 3. The third-order valence-corrected chi connectivity index (χ3v) is 15.3. The first-order valence-electron chi connectivity index (χ1n) is 32.7. The number of unbranched alkanes of at least 4 members (excludes halogenated alkanes) is 50. The molecule has 0 aromatic carbocycles. The van der Waals surface area contributed by atoms with E-state index in [0.29, 0.717) is 6.42 Å². The van der Waals surface area contributed by atoms with Gasteiger partial charge in [-0.25, -0.2) is 0 Å². The molecule has 0 radical (unpaired) electrons. The van der Waals surface area contributed by atoms with E-state index in [0.717, 1.165) is 32.1 Å². The fourth-order valence-corrected chi connectivity index (χ4v) is 10.4. The van der Waals surface area contributed by atoms with Crippen molar-refractivity contribution in [3.8, 4) is 0 Å². The van der Waals surface area contributed by atoms with Crippen molar-refractivity contribution >= 4 is 5.91 Å². The lowest BCUT2D eigenvalue weighted by atomic mass is 10.0. The summed E-state index contributed by atoms with van der Waals surface area (Å²) in [5, 5.41) is 23.2. The number of rotatable bonds is 61. The Morgan fingerprint density at radius 1 is 0.324 bits per heavy atom. The second kappa shape index (κ2) is 62.9. The number of amides is 1. The molecule has 0 rings (SSSR count). The lowest BCUT2D eigenvalue weighted by Crippen LogP contribution is -2.45. The molecule has 4 heteroatoms. The largest absolute Gasteiger partial charge is 0.394 e. The molecule has 2 atom stereocenters. The highest BCUT2D eigenvalue weighted by Crippen LogP contribution is 2.18. The fraction of sp³-hybridized carbons (Fsp3) is 0.896. The number of aliphatic hydroxyl groups is 2. The van der Waals surface area contributed by atoms with Crippen LogP contribution in [0.25, 0.3) is 0 Å². The van der Waals surface area contributed by atoms with Crippen LogP contribution in [0.5, 0.6) is 0 Å². The van der Waals surface area contributed by atoms with Gasteiger partial charge >= 0.3 is 0 Å². The maximum Gasteiger partial charge on any atom is 0.220 e. The highest BCUT2D eigenvalue weighted by Gasteiger charge is 2.18. The first-order chi connectivity index (χ1) is 35.2. The van der Waals surface area contributed by atoms with Crippen LogP contribution in [0.4, 0.5) is 0 Å². The summed E-state index contributed by atoms with van der Waals surface area (Å²) in [6, 6.07) is -0.640. The zero-order valence-electron chi connectivity index (χ0n) is 48.5. The Morgan fingerprint density at radius 2 is 0.549 bits per heavy atom. The fourth-order valence-electron chi connectivity index (χ4n) is 10.4. The monoisotopic (exact) mass is 996 g/mol. The maximum absolute atomic E-state index is 12.5. The zero-order chi connectivity index (χ0) is 51.3. The van der Waals surface area contributed by atoms with Crippen LogP contribution < -0.4 is 5.32 Å². The second-order valence-electron chi connectivity index (χ2n) is 22.5. The van der Waals surface area contributed by atoms with E-state index in [-0.39, 0.29) is 12.5 Å². The Morgan fingerprint density at radius 3 is 0.817 bits per heavy atom. The van der Waals surface area contributed by atoms with Crippen molar-refractivity contribution in [3.05, 3.63) is 36.5 Å². The molecule has 2 unspecified atom stereocenters. The number of allylic oxidation sites excluding steroid dienone is 5. The van der Waals surface area contributed by atoms with Gasteiger partial charge in [-0.2, -0.15) is 0 Å². The highest BCUT2D eigenvalue weighted by molar-refractivity contribution is 5.76. The molecule has 0 saturated heterocycles. The van der Waals surface area contributed by atoms with Gasteiger partial charge in [0.2, 0.25) is 5.91 Å². The van der Waals surface area contributed by atoms with Gasteiger partial charge in [0, 0.05) is 6.42 Å². The quantitative estimate of drug-likeness (QED) is 0.0420. The van der Waals surface area contributed by atoms with Crippen molar-refractivity contribution in [2.24, 2.45) is 0 Å². The van der Waals surface area contributed by atoms with E-state index in [1.165, 1.54) is 315 Å². The molecular formula is C67H129NO3.